The average molecular weight is 168 g/mol. The lowest BCUT2D eigenvalue weighted by molar-refractivity contribution is 0.481. The summed E-state index contributed by atoms with van der Waals surface area (Å²) in [5, 5.41) is 0. The van der Waals surface area contributed by atoms with Crippen molar-refractivity contribution in [1.29, 1.82) is 0 Å². The first-order valence-corrected chi connectivity index (χ1v) is 4.06. The summed E-state index contributed by atoms with van der Waals surface area (Å²) in [7, 11) is 0. The smallest absolute Gasteiger partial charge is 0.135 e. The van der Waals surface area contributed by atoms with Crippen molar-refractivity contribution in [2.24, 2.45) is 0 Å². The monoisotopic (exact) mass is 168 g/mol. The van der Waals surface area contributed by atoms with Crippen LogP contribution in [0.25, 0.3) is 0 Å². The molecule has 0 aliphatic carbocycles. The highest BCUT2D eigenvalue weighted by molar-refractivity contribution is 5.29. The third kappa shape index (κ3) is 2.09. The lowest BCUT2D eigenvalue weighted by Gasteiger charge is -2.03. The summed E-state index contributed by atoms with van der Waals surface area (Å²) in [4.78, 5) is 0. The van der Waals surface area contributed by atoms with E-state index in [9.17, 15) is 0 Å². The molecule has 0 bridgehead atoms. The molecule has 0 unspecified atom stereocenters. The number of rotatable bonds is 2. The molecule has 2 radical (unpaired) electrons. The quantitative estimate of drug-likeness (QED) is 0.669. The van der Waals surface area contributed by atoms with E-state index in [-0.39, 0.29) is 0 Å². The van der Waals surface area contributed by atoms with E-state index in [4.69, 9.17) is 4.74 Å². The van der Waals surface area contributed by atoms with Crippen molar-refractivity contribution in [2.75, 3.05) is 0 Å². The molecule has 62 valence electrons. The molecule has 2 aromatic carbocycles. The Balaban J connectivity index is 2.16. The Kier molecular flexibility index (Phi) is 2.28. The fourth-order valence-corrected chi connectivity index (χ4v) is 1.01. The molecule has 0 aliphatic rings. The summed E-state index contributed by atoms with van der Waals surface area (Å²) in [6.45, 7) is 0. The van der Waals surface area contributed by atoms with E-state index in [1.54, 1.807) is 12.1 Å². The molecule has 0 aromatic heterocycles. The van der Waals surface area contributed by atoms with E-state index in [1.165, 1.54) is 0 Å². The van der Waals surface area contributed by atoms with Crippen LogP contribution >= 0.6 is 0 Å². The third-order valence-corrected chi connectivity index (χ3v) is 1.60. The van der Waals surface area contributed by atoms with Crippen molar-refractivity contribution in [2.45, 2.75) is 0 Å². The van der Waals surface area contributed by atoms with E-state index in [2.05, 4.69) is 12.1 Å². The van der Waals surface area contributed by atoms with Crippen LogP contribution in [0.2, 0.25) is 0 Å². The van der Waals surface area contributed by atoms with Crippen molar-refractivity contribution >= 4 is 0 Å². The van der Waals surface area contributed by atoms with Crippen molar-refractivity contribution in [3.05, 3.63) is 60.7 Å². The maximum Gasteiger partial charge on any atom is 0.135 e. The van der Waals surface area contributed by atoms with Gasteiger partial charge in [0.25, 0.3) is 0 Å². The molecular weight excluding hydrogens is 160 g/mol. The van der Waals surface area contributed by atoms with Gasteiger partial charge in [-0.25, -0.2) is 0 Å². The highest BCUT2D eigenvalue weighted by Crippen LogP contribution is 2.18. The van der Waals surface area contributed by atoms with Gasteiger partial charge in [-0.05, 0) is 30.3 Å². The van der Waals surface area contributed by atoms with Gasteiger partial charge in [0.05, 0.1) is 0 Å². The Morgan fingerprint density at radius 3 is 2.54 bits per heavy atom. The fraction of sp³-hybridized carbons (Fsp3) is 0. The van der Waals surface area contributed by atoms with Crippen LogP contribution in [0, 0.1) is 12.1 Å². The van der Waals surface area contributed by atoms with Crippen LogP contribution in [0.5, 0.6) is 11.5 Å². The predicted octanol–water partition coefficient (Wildman–Crippen LogP) is 3.08. The second-order valence-electron chi connectivity index (χ2n) is 2.57. The zero-order valence-electron chi connectivity index (χ0n) is 7.03. The number of hydrogen-bond donors (Lipinski definition) is 0. The van der Waals surface area contributed by atoms with Crippen LogP contribution < -0.4 is 4.74 Å². The summed E-state index contributed by atoms with van der Waals surface area (Å²) in [5.74, 6) is 1.54. The molecule has 0 N–H and O–H groups in total. The fourth-order valence-electron chi connectivity index (χ4n) is 1.01. The predicted molar refractivity (Wildman–Crippen MR) is 50.6 cm³/mol. The normalized spacial score (nSPS) is 9.54. The van der Waals surface area contributed by atoms with Gasteiger partial charge >= 0.3 is 0 Å². The molecule has 0 heterocycles. The molecule has 0 spiro atoms. The average Bonchev–Trinajstić information content (AvgIpc) is 2.21. The highest BCUT2D eigenvalue weighted by atomic mass is 16.5. The summed E-state index contributed by atoms with van der Waals surface area (Å²) < 4.78 is 5.50. The van der Waals surface area contributed by atoms with Crippen LogP contribution in [-0.2, 0) is 0 Å². The van der Waals surface area contributed by atoms with E-state index in [0.717, 1.165) is 5.75 Å². The largest absolute Gasteiger partial charge is 0.457 e. The Morgan fingerprint density at radius 2 is 1.85 bits per heavy atom. The minimum absolute atomic E-state index is 0.713. The minimum Gasteiger partial charge on any atom is -0.457 e. The highest BCUT2D eigenvalue weighted by Gasteiger charge is 1.93. The summed E-state index contributed by atoms with van der Waals surface area (Å²) in [6, 6.07) is 20.8. The molecule has 0 amide bonds. The molecule has 1 heteroatoms. The number of hydrogen-bond acceptors (Lipinski definition) is 1. The second kappa shape index (κ2) is 3.76. The molecular formula is C12H8O. The Labute approximate surface area is 77.6 Å². The van der Waals surface area contributed by atoms with Crippen LogP contribution in [0.1, 0.15) is 0 Å². The Hall–Kier alpha value is -1.76. The first kappa shape index (κ1) is 7.87. The van der Waals surface area contributed by atoms with Crippen molar-refractivity contribution in [3.63, 3.8) is 0 Å². The van der Waals surface area contributed by atoms with Gasteiger partial charge in [-0.1, -0.05) is 24.3 Å². The van der Waals surface area contributed by atoms with Gasteiger partial charge in [0.1, 0.15) is 11.5 Å². The Morgan fingerprint density at radius 1 is 1.00 bits per heavy atom. The topological polar surface area (TPSA) is 9.23 Å². The molecule has 0 fully saturated rings. The minimum atomic E-state index is 0.713. The van der Waals surface area contributed by atoms with Crippen LogP contribution in [-0.4, -0.2) is 0 Å². The first-order valence-electron chi connectivity index (χ1n) is 4.06. The molecule has 1 nitrogen and oxygen atoms in total. The van der Waals surface area contributed by atoms with Gasteiger partial charge in [-0.3, -0.25) is 0 Å². The number of para-hydroxylation sites is 1. The van der Waals surface area contributed by atoms with E-state index in [1.807, 2.05) is 36.4 Å². The lowest BCUT2D eigenvalue weighted by Crippen LogP contribution is -1.82. The first-order chi connectivity index (χ1) is 6.45. The zero-order valence-corrected chi connectivity index (χ0v) is 7.03. The van der Waals surface area contributed by atoms with Crippen LogP contribution in [0.4, 0.5) is 0 Å². The molecule has 0 atom stereocenters. The zero-order chi connectivity index (χ0) is 8.93. The van der Waals surface area contributed by atoms with E-state index < -0.39 is 0 Å². The third-order valence-electron chi connectivity index (χ3n) is 1.60. The summed E-state index contributed by atoms with van der Waals surface area (Å²) >= 11 is 0. The van der Waals surface area contributed by atoms with E-state index in [0.29, 0.717) is 5.75 Å². The molecule has 2 rings (SSSR count). The van der Waals surface area contributed by atoms with Gasteiger partial charge in [0, 0.05) is 6.07 Å². The van der Waals surface area contributed by atoms with Crippen molar-refractivity contribution in [3.8, 4) is 11.5 Å². The maximum absolute atomic E-state index is 5.50. The standard InChI is InChI=1S/C12H8O/c1-3-7-11(8-4-1)13-12-9-5-2-6-10-12/h1,3-9H. The molecule has 13 heavy (non-hydrogen) atoms. The van der Waals surface area contributed by atoms with Gasteiger partial charge in [0.2, 0.25) is 0 Å². The second-order valence-corrected chi connectivity index (χ2v) is 2.57. The van der Waals surface area contributed by atoms with Crippen molar-refractivity contribution in [1.82, 2.24) is 0 Å². The Bertz CT molecular complexity index is 316. The summed E-state index contributed by atoms with van der Waals surface area (Å²) in [6.07, 6.45) is 0. The van der Waals surface area contributed by atoms with Crippen LogP contribution in [0.3, 0.4) is 0 Å². The maximum atomic E-state index is 5.50. The molecule has 0 aliphatic heterocycles. The molecule has 0 saturated carbocycles. The van der Waals surface area contributed by atoms with Gasteiger partial charge < -0.3 is 4.74 Å². The van der Waals surface area contributed by atoms with Crippen LogP contribution in [0.15, 0.2) is 48.5 Å². The van der Waals surface area contributed by atoms with E-state index >= 15 is 0 Å². The molecule has 2 aromatic rings. The summed E-state index contributed by atoms with van der Waals surface area (Å²) in [5.41, 5.74) is 0. The SMILES string of the molecule is [c]1c[c]c(Oc2ccccc2)cc1. The molecule has 0 saturated heterocycles. The van der Waals surface area contributed by atoms with Gasteiger partial charge in [-0.15, -0.1) is 0 Å². The van der Waals surface area contributed by atoms with Gasteiger partial charge in [-0.2, -0.15) is 0 Å². The van der Waals surface area contributed by atoms with Crippen molar-refractivity contribution < 1.29 is 4.74 Å². The lowest BCUT2D eigenvalue weighted by atomic mass is 10.3. The number of benzene rings is 2. The number of ether oxygens (including phenoxy) is 1. The van der Waals surface area contributed by atoms with Gasteiger partial charge in [0.15, 0.2) is 0 Å².